The number of fused-ring (bicyclic) bond motifs is 1. The number of hydrogen-bond acceptors (Lipinski definition) is 6. The minimum atomic E-state index is -0.580. The van der Waals surface area contributed by atoms with Gasteiger partial charge in [0.15, 0.2) is 11.5 Å². The van der Waals surface area contributed by atoms with Gasteiger partial charge in [-0.3, -0.25) is 19.9 Å². The number of nitrogens with one attached hydrogen (secondary N) is 1. The summed E-state index contributed by atoms with van der Waals surface area (Å²) in [6.07, 6.45) is 6.15. The maximum atomic E-state index is 12.6. The number of nitro groups is 1. The summed E-state index contributed by atoms with van der Waals surface area (Å²) in [6.45, 7) is 1.63. The van der Waals surface area contributed by atoms with Crippen LogP contribution in [-0.4, -0.2) is 21.6 Å². The predicted octanol–water partition coefficient (Wildman–Crippen LogP) is 3.98. The Hall–Kier alpha value is -3.16. The minimum Gasteiger partial charge on any atom is -0.448 e. The van der Waals surface area contributed by atoms with Crippen molar-refractivity contribution in [1.82, 2.24) is 4.98 Å². The fourth-order valence-corrected chi connectivity index (χ4v) is 3.52. The lowest BCUT2D eigenvalue weighted by atomic mass is 9.94. The van der Waals surface area contributed by atoms with Crippen LogP contribution in [0.5, 0.6) is 11.5 Å². The summed E-state index contributed by atoms with van der Waals surface area (Å²) in [5.41, 5.74) is 0.877. The molecule has 2 aromatic rings. The number of aryl methyl sites for hydroxylation is 1. The molecule has 0 bridgehead atoms. The van der Waals surface area contributed by atoms with Crippen LogP contribution in [0.1, 0.15) is 48.2 Å². The molecule has 8 nitrogen and oxygen atoms in total. The van der Waals surface area contributed by atoms with Gasteiger partial charge in [0.1, 0.15) is 6.20 Å². The van der Waals surface area contributed by atoms with Gasteiger partial charge < -0.3 is 14.8 Å². The third-order valence-corrected chi connectivity index (χ3v) is 4.94. The Morgan fingerprint density at radius 3 is 2.67 bits per heavy atom. The van der Waals surface area contributed by atoms with Crippen molar-refractivity contribution in [3.63, 3.8) is 0 Å². The molecule has 1 fully saturated rings. The first-order valence-corrected chi connectivity index (χ1v) is 8.90. The van der Waals surface area contributed by atoms with E-state index in [0.29, 0.717) is 22.9 Å². The molecule has 0 radical (unpaired) electrons. The fraction of sp³-hybridized carbons (Fsp3) is 0.368. The molecule has 0 saturated heterocycles. The zero-order chi connectivity index (χ0) is 19.0. The molecule has 8 heteroatoms. The Kier molecular flexibility index (Phi) is 4.18. The van der Waals surface area contributed by atoms with Crippen LogP contribution in [0.2, 0.25) is 0 Å². The van der Waals surface area contributed by atoms with Crippen LogP contribution in [0.25, 0.3) is 0 Å². The molecule has 0 unspecified atom stereocenters. The smallest absolute Gasteiger partial charge is 0.288 e. The van der Waals surface area contributed by atoms with Gasteiger partial charge in [0.25, 0.3) is 17.4 Å². The number of pyridine rings is 1. The van der Waals surface area contributed by atoms with Gasteiger partial charge in [0.2, 0.25) is 0 Å². The Bertz CT molecular complexity index is 922. The van der Waals surface area contributed by atoms with Crippen LogP contribution in [0.4, 0.5) is 11.4 Å². The van der Waals surface area contributed by atoms with E-state index in [1.165, 1.54) is 12.5 Å². The third kappa shape index (κ3) is 3.30. The topological polar surface area (TPSA) is 104 Å². The van der Waals surface area contributed by atoms with Crippen molar-refractivity contribution in [3.8, 4) is 11.5 Å². The maximum absolute atomic E-state index is 12.6. The molecule has 4 rings (SSSR count). The highest BCUT2D eigenvalue weighted by Gasteiger charge is 2.42. The lowest BCUT2D eigenvalue weighted by molar-refractivity contribution is -0.385. The van der Waals surface area contributed by atoms with Crippen LogP contribution < -0.4 is 14.8 Å². The van der Waals surface area contributed by atoms with Crippen molar-refractivity contribution in [1.29, 1.82) is 0 Å². The fourth-order valence-electron chi connectivity index (χ4n) is 3.52. The van der Waals surface area contributed by atoms with E-state index in [0.717, 1.165) is 31.9 Å². The average molecular weight is 369 g/mol. The van der Waals surface area contributed by atoms with Crippen molar-refractivity contribution in [3.05, 3.63) is 51.8 Å². The van der Waals surface area contributed by atoms with Crippen molar-refractivity contribution in [2.24, 2.45) is 0 Å². The Morgan fingerprint density at radius 2 is 1.93 bits per heavy atom. The lowest BCUT2D eigenvalue weighted by Gasteiger charge is -2.31. The maximum Gasteiger partial charge on any atom is 0.288 e. The first-order valence-electron chi connectivity index (χ1n) is 8.90. The van der Waals surface area contributed by atoms with E-state index in [1.807, 2.05) is 0 Å². The number of anilines is 1. The number of carbonyl (C=O) groups is 1. The summed E-state index contributed by atoms with van der Waals surface area (Å²) < 4.78 is 12.1. The van der Waals surface area contributed by atoms with Gasteiger partial charge in [-0.25, -0.2) is 0 Å². The number of amides is 1. The Morgan fingerprint density at radius 1 is 1.19 bits per heavy atom. The second-order valence-electron chi connectivity index (χ2n) is 6.87. The molecule has 1 saturated carbocycles. The number of carbonyl (C=O) groups excluding carboxylic acids is 1. The highest BCUT2D eigenvalue weighted by molar-refractivity contribution is 6.05. The molecule has 1 N–H and O–H groups in total. The molecule has 1 aliphatic heterocycles. The predicted molar refractivity (Wildman–Crippen MR) is 97.1 cm³/mol. The standard InChI is InChI=1S/C19H19N3O5/c1-12-15(10-14(11-20-12)22(24)25)18(23)21-13-5-6-16-17(9-13)27-19(26-16)7-3-2-4-8-19/h5-6,9-11H,2-4,7-8H2,1H3,(H,21,23). The van der Waals surface area contributed by atoms with Crippen molar-refractivity contribution in [2.75, 3.05) is 5.32 Å². The van der Waals surface area contributed by atoms with Gasteiger partial charge in [-0.2, -0.15) is 0 Å². The molecule has 27 heavy (non-hydrogen) atoms. The van der Waals surface area contributed by atoms with Gasteiger partial charge in [-0.05, 0) is 31.9 Å². The Labute approximate surface area is 155 Å². The van der Waals surface area contributed by atoms with E-state index < -0.39 is 16.6 Å². The SMILES string of the molecule is Cc1ncc([N+](=O)[O-])cc1C(=O)Nc1ccc2c(c1)OC1(CCCCC1)O2. The summed E-state index contributed by atoms with van der Waals surface area (Å²) >= 11 is 0. The molecule has 140 valence electrons. The van der Waals surface area contributed by atoms with E-state index >= 15 is 0 Å². The number of nitrogens with zero attached hydrogens (tertiary/aromatic N) is 2. The second-order valence-corrected chi connectivity index (χ2v) is 6.87. The molecule has 1 aromatic heterocycles. The number of rotatable bonds is 3. The van der Waals surface area contributed by atoms with Crippen LogP contribution in [-0.2, 0) is 0 Å². The highest BCUT2D eigenvalue weighted by Crippen LogP contribution is 2.46. The summed E-state index contributed by atoms with van der Waals surface area (Å²) in [7, 11) is 0. The highest BCUT2D eigenvalue weighted by atomic mass is 16.7. The zero-order valence-corrected chi connectivity index (χ0v) is 14.9. The molecule has 1 aliphatic carbocycles. The molecule has 2 aliphatic rings. The third-order valence-electron chi connectivity index (χ3n) is 4.94. The monoisotopic (exact) mass is 369 g/mol. The van der Waals surface area contributed by atoms with E-state index in [2.05, 4.69) is 10.3 Å². The molecular formula is C19H19N3O5. The summed E-state index contributed by atoms with van der Waals surface area (Å²) in [4.78, 5) is 26.8. The van der Waals surface area contributed by atoms with Crippen LogP contribution >= 0.6 is 0 Å². The van der Waals surface area contributed by atoms with Crippen molar-refractivity contribution < 1.29 is 19.2 Å². The van der Waals surface area contributed by atoms with Gasteiger partial charge >= 0.3 is 0 Å². The average Bonchev–Trinajstić information content (AvgIpc) is 2.98. The summed E-state index contributed by atoms with van der Waals surface area (Å²) in [5.74, 6) is 0.227. The quantitative estimate of drug-likeness (QED) is 0.648. The van der Waals surface area contributed by atoms with Gasteiger partial charge in [0, 0.05) is 30.7 Å². The normalized spacial score (nSPS) is 16.9. The first-order chi connectivity index (χ1) is 13.0. The number of benzene rings is 1. The molecule has 1 amide bonds. The van der Waals surface area contributed by atoms with E-state index in [-0.39, 0.29) is 11.3 Å². The van der Waals surface area contributed by atoms with Gasteiger partial charge in [-0.1, -0.05) is 6.42 Å². The molecule has 2 heterocycles. The van der Waals surface area contributed by atoms with E-state index in [1.54, 1.807) is 25.1 Å². The zero-order valence-electron chi connectivity index (χ0n) is 14.9. The van der Waals surface area contributed by atoms with Crippen LogP contribution in [0, 0.1) is 17.0 Å². The summed E-state index contributed by atoms with van der Waals surface area (Å²) in [6, 6.07) is 6.44. The lowest BCUT2D eigenvalue weighted by Crippen LogP contribution is -2.40. The van der Waals surface area contributed by atoms with Crippen molar-refractivity contribution >= 4 is 17.3 Å². The second kappa shape index (κ2) is 6.53. The van der Waals surface area contributed by atoms with E-state index in [4.69, 9.17) is 9.47 Å². The molecular weight excluding hydrogens is 350 g/mol. The molecule has 1 spiro atoms. The Balaban J connectivity index is 1.53. The van der Waals surface area contributed by atoms with Gasteiger partial charge in [-0.15, -0.1) is 0 Å². The molecule has 0 atom stereocenters. The number of hydrogen-bond donors (Lipinski definition) is 1. The van der Waals surface area contributed by atoms with E-state index in [9.17, 15) is 14.9 Å². The number of aromatic nitrogens is 1. The number of ether oxygens (including phenoxy) is 2. The summed E-state index contributed by atoms with van der Waals surface area (Å²) in [5, 5.41) is 13.7. The van der Waals surface area contributed by atoms with Crippen LogP contribution in [0.15, 0.2) is 30.5 Å². The van der Waals surface area contributed by atoms with Crippen molar-refractivity contribution in [2.45, 2.75) is 44.8 Å². The first kappa shape index (κ1) is 17.3. The minimum absolute atomic E-state index is 0.158. The largest absolute Gasteiger partial charge is 0.448 e. The van der Waals surface area contributed by atoms with Gasteiger partial charge in [0.05, 0.1) is 16.2 Å². The van der Waals surface area contributed by atoms with Crippen LogP contribution in [0.3, 0.4) is 0 Å². The molecule has 1 aromatic carbocycles.